The number of halogens is 1. The second-order valence-corrected chi connectivity index (χ2v) is 3.99. The first-order valence-electron chi connectivity index (χ1n) is 5.20. The summed E-state index contributed by atoms with van der Waals surface area (Å²) in [5, 5.41) is 17.7. The molecule has 1 saturated carbocycles. The Balaban J connectivity index is 2.24. The summed E-state index contributed by atoms with van der Waals surface area (Å²) in [6.45, 7) is 0. The van der Waals surface area contributed by atoms with Crippen molar-refractivity contribution in [2.24, 2.45) is 0 Å². The van der Waals surface area contributed by atoms with Gasteiger partial charge in [-0.05, 0) is 18.9 Å². The highest BCUT2D eigenvalue weighted by atomic mass is 19.1. The molecular weight excluding hydrogens is 196 g/mol. The zero-order chi connectivity index (χ0) is 10.8. The molecule has 5 heteroatoms. The van der Waals surface area contributed by atoms with Crippen molar-refractivity contribution in [2.45, 2.75) is 31.6 Å². The fraction of sp³-hybridized carbons (Fsp3) is 0.500. The highest BCUT2D eigenvalue weighted by molar-refractivity contribution is 6.58. The summed E-state index contributed by atoms with van der Waals surface area (Å²) >= 11 is 0. The monoisotopic (exact) mass is 209 g/mol. The van der Waals surface area contributed by atoms with Crippen molar-refractivity contribution in [3.63, 3.8) is 0 Å². The van der Waals surface area contributed by atoms with Crippen LogP contribution in [-0.2, 0) is 0 Å². The van der Waals surface area contributed by atoms with Crippen LogP contribution < -0.4 is 5.46 Å². The van der Waals surface area contributed by atoms with Crippen LogP contribution in [0, 0.1) is 5.82 Å². The third-order valence-corrected chi connectivity index (χ3v) is 2.95. The Morgan fingerprint density at radius 3 is 2.53 bits per heavy atom. The zero-order valence-electron chi connectivity index (χ0n) is 8.36. The zero-order valence-corrected chi connectivity index (χ0v) is 8.36. The minimum atomic E-state index is -1.78. The van der Waals surface area contributed by atoms with Gasteiger partial charge in [0.25, 0.3) is 0 Å². The summed E-state index contributed by atoms with van der Waals surface area (Å²) in [6.07, 6.45) is 5.64. The van der Waals surface area contributed by atoms with Gasteiger partial charge in [0.2, 0.25) is 0 Å². The average Bonchev–Trinajstić information content (AvgIpc) is 2.69. The maximum absolute atomic E-state index is 13.4. The van der Waals surface area contributed by atoms with Gasteiger partial charge in [-0.1, -0.05) is 12.8 Å². The second kappa shape index (κ2) is 4.29. The van der Waals surface area contributed by atoms with E-state index in [1.54, 1.807) is 0 Å². The van der Waals surface area contributed by atoms with E-state index < -0.39 is 12.9 Å². The highest BCUT2D eigenvalue weighted by Gasteiger charge is 2.22. The Kier molecular flexibility index (Phi) is 3.02. The van der Waals surface area contributed by atoms with E-state index in [2.05, 4.69) is 4.98 Å². The predicted octanol–water partition coefficient (Wildman–Crippen LogP) is 0.558. The van der Waals surface area contributed by atoms with Crippen LogP contribution in [0.2, 0.25) is 0 Å². The maximum Gasteiger partial charge on any atom is 0.493 e. The molecule has 80 valence electrons. The first-order valence-corrected chi connectivity index (χ1v) is 5.20. The molecule has 0 unspecified atom stereocenters. The molecule has 0 aliphatic heterocycles. The molecule has 0 radical (unpaired) electrons. The van der Waals surface area contributed by atoms with Crippen LogP contribution in [-0.4, -0.2) is 22.2 Å². The summed E-state index contributed by atoms with van der Waals surface area (Å²) in [5.41, 5.74) is 0.575. The molecule has 0 saturated heterocycles. The van der Waals surface area contributed by atoms with E-state index in [0.29, 0.717) is 5.92 Å². The number of hydrogen-bond acceptors (Lipinski definition) is 3. The average molecular weight is 209 g/mol. The third-order valence-electron chi connectivity index (χ3n) is 2.95. The van der Waals surface area contributed by atoms with E-state index >= 15 is 0 Å². The van der Waals surface area contributed by atoms with Gasteiger partial charge in [0.05, 0.1) is 0 Å². The Morgan fingerprint density at radius 2 is 2.00 bits per heavy atom. The Labute approximate surface area is 88.1 Å². The van der Waals surface area contributed by atoms with Crippen LogP contribution in [0.4, 0.5) is 4.39 Å². The standard InChI is InChI=1S/C10H13BFNO2/c12-9-5-10(7-3-1-2-4-7)13-6-8(9)11(14)15/h5-7,14-15H,1-4H2. The van der Waals surface area contributed by atoms with E-state index in [4.69, 9.17) is 10.0 Å². The lowest BCUT2D eigenvalue weighted by Crippen LogP contribution is -2.33. The molecule has 0 bridgehead atoms. The Morgan fingerprint density at radius 1 is 1.33 bits per heavy atom. The molecule has 0 aromatic carbocycles. The third kappa shape index (κ3) is 2.18. The SMILES string of the molecule is OB(O)c1cnc(C2CCCC2)cc1F. The van der Waals surface area contributed by atoms with E-state index in [0.717, 1.165) is 18.5 Å². The van der Waals surface area contributed by atoms with Crippen molar-refractivity contribution in [2.75, 3.05) is 0 Å². The van der Waals surface area contributed by atoms with Gasteiger partial charge in [0.1, 0.15) is 5.82 Å². The van der Waals surface area contributed by atoms with Crippen LogP contribution in [0.25, 0.3) is 0 Å². The molecule has 15 heavy (non-hydrogen) atoms. The van der Waals surface area contributed by atoms with E-state index in [9.17, 15) is 4.39 Å². The molecule has 1 heterocycles. The molecule has 0 amide bonds. The molecular formula is C10H13BFNO2. The lowest BCUT2D eigenvalue weighted by Gasteiger charge is -2.09. The Hall–Kier alpha value is -0.935. The van der Waals surface area contributed by atoms with Gasteiger partial charge in [-0.3, -0.25) is 4.98 Å². The minimum Gasteiger partial charge on any atom is -0.423 e. The first kappa shape index (κ1) is 10.6. The normalized spacial score (nSPS) is 17.0. The highest BCUT2D eigenvalue weighted by Crippen LogP contribution is 2.32. The summed E-state index contributed by atoms with van der Waals surface area (Å²) < 4.78 is 13.4. The van der Waals surface area contributed by atoms with Crippen LogP contribution in [0.1, 0.15) is 37.3 Å². The molecule has 2 N–H and O–H groups in total. The largest absolute Gasteiger partial charge is 0.493 e. The number of pyridine rings is 1. The molecule has 1 aliphatic rings. The van der Waals surface area contributed by atoms with Gasteiger partial charge in [0.15, 0.2) is 0 Å². The van der Waals surface area contributed by atoms with Crippen molar-refractivity contribution in [3.8, 4) is 0 Å². The lowest BCUT2D eigenvalue weighted by atomic mass is 9.81. The van der Waals surface area contributed by atoms with E-state index in [1.807, 2.05) is 0 Å². The number of aromatic nitrogens is 1. The van der Waals surface area contributed by atoms with Crippen LogP contribution in [0.5, 0.6) is 0 Å². The lowest BCUT2D eigenvalue weighted by molar-refractivity contribution is 0.422. The van der Waals surface area contributed by atoms with Crippen molar-refractivity contribution in [1.82, 2.24) is 4.98 Å². The first-order chi connectivity index (χ1) is 7.18. The van der Waals surface area contributed by atoms with Gasteiger partial charge < -0.3 is 10.0 Å². The summed E-state index contributed by atoms with van der Waals surface area (Å²) in [4.78, 5) is 4.08. The molecule has 1 aromatic rings. The van der Waals surface area contributed by atoms with Crippen molar-refractivity contribution >= 4 is 12.6 Å². The summed E-state index contributed by atoms with van der Waals surface area (Å²) in [7, 11) is -1.78. The van der Waals surface area contributed by atoms with Gasteiger partial charge in [-0.15, -0.1) is 0 Å². The smallest absolute Gasteiger partial charge is 0.423 e. The number of rotatable bonds is 2. The second-order valence-electron chi connectivity index (χ2n) is 3.99. The molecule has 1 fully saturated rings. The van der Waals surface area contributed by atoms with Gasteiger partial charge in [-0.2, -0.15) is 0 Å². The van der Waals surface area contributed by atoms with Crippen molar-refractivity contribution in [1.29, 1.82) is 0 Å². The summed E-state index contributed by atoms with van der Waals surface area (Å²) in [6, 6.07) is 1.32. The molecule has 0 spiro atoms. The number of nitrogens with zero attached hydrogens (tertiary/aromatic N) is 1. The van der Waals surface area contributed by atoms with Gasteiger partial charge in [-0.25, -0.2) is 4.39 Å². The minimum absolute atomic E-state index is 0.156. The van der Waals surface area contributed by atoms with E-state index in [-0.39, 0.29) is 5.46 Å². The fourth-order valence-corrected chi connectivity index (χ4v) is 2.09. The van der Waals surface area contributed by atoms with Gasteiger partial charge >= 0.3 is 7.12 Å². The molecule has 0 atom stereocenters. The summed E-state index contributed by atoms with van der Waals surface area (Å²) in [5.74, 6) is -0.244. The van der Waals surface area contributed by atoms with Crippen molar-refractivity contribution in [3.05, 3.63) is 23.8 Å². The quantitative estimate of drug-likeness (QED) is 0.699. The molecule has 1 aromatic heterocycles. The van der Waals surface area contributed by atoms with E-state index in [1.165, 1.54) is 25.1 Å². The molecule has 3 nitrogen and oxygen atoms in total. The van der Waals surface area contributed by atoms with Gasteiger partial charge in [0, 0.05) is 23.3 Å². The maximum atomic E-state index is 13.4. The Bertz CT molecular complexity index is 353. The van der Waals surface area contributed by atoms with Crippen LogP contribution >= 0.6 is 0 Å². The van der Waals surface area contributed by atoms with Crippen LogP contribution in [0.15, 0.2) is 12.3 Å². The number of hydrogen-bond donors (Lipinski definition) is 2. The predicted molar refractivity (Wildman–Crippen MR) is 55.2 cm³/mol. The van der Waals surface area contributed by atoms with Crippen LogP contribution in [0.3, 0.4) is 0 Å². The van der Waals surface area contributed by atoms with Crippen molar-refractivity contribution < 1.29 is 14.4 Å². The fourth-order valence-electron chi connectivity index (χ4n) is 2.09. The molecule has 2 rings (SSSR count). The molecule has 1 aliphatic carbocycles. The topological polar surface area (TPSA) is 53.4 Å².